The summed E-state index contributed by atoms with van der Waals surface area (Å²) in [7, 11) is 0. The number of likely N-dealkylation sites (tertiary alicyclic amines) is 1. The highest BCUT2D eigenvalue weighted by atomic mass is 16.6. The summed E-state index contributed by atoms with van der Waals surface area (Å²) in [5, 5.41) is 9.57. The fourth-order valence-corrected chi connectivity index (χ4v) is 4.57. The van der Waals surface area contributed by atoms with Crippen molar-refractivity contribution in [2.45, 2.75) is 51.7 Å². The van der Waals surface area contributed by atoms with Crippen LogP contribution in [-0.4, -0.2) is 29.4 Å². The van der Waals surface area contributed by atoms with Crippen molar-refractivity contribution in [3.8, 4) is 6.07 Å². The minimum Gasteiger partial charge on any atom is -0.445 e. The fraction of sp³-hybridized carbons (Fsp3) is 0.550. The molecule has 1 saturated carbocycles. The van der Waals surface area contributed by atoms with Crippen LogP contribution in [0.2, 0.25) is 0 Å². The van der Waals surface area contributed by atoms with Gasteiger partial charge in [-0.15, -0.1) is 0 Å². The van der Waals surface area contributed by atoms with Gasteiger partial charge in [-0.2, -0.15) is 5.26 Å². The molecule has 1 aromatic rings. The molecule has 25 heavy (non-hydrogen) atoms. The van der Waals surface area contributed by atoms with Crippen molar-refractivity contribution in [1.82, 2.24) is 4.90 Å². The van der Waals surface area contributed by atoms with Gasteiger partial charge in [-0.25, -0.2) is 4.79 Å². The SMILES string of the molecule is CC[C@@]12CCCN(C(=O)OCc3ccccc3)C1CCC(=O)[C@H]2C#N. The summed E-state index contributed by atoms with van der Waals surface area (Å²) in [5.41, 5.74) is 0.525. The van der Waals surface area contributed by atoms with E-state index in [0.29, 0.717) is 19.4 Å². The van der Waals surface area contributed by atoms with Crippen molar-refractivity contribution in [1.29, 1.82) is 5.26 Å². The molecule has 0 bridgehead atoms. The largest absolute Gasteiger partial charge is 0.445 e. The molecule has 1 aliphatic carbocycles. The number of rotatable bonds is 3. The molecule has 3 rings (SSSR count). The molecule has 5 nitrogen and oxygen atoms in total. The maximum absolute atomic E-state index is 12.7. The van der Waals surface area contributed by atoms with E-state index in [9.17, 15) is 14.9 Å². The Morgan fingerprint density at radius 3 is 2.84 bits per heavy atom. The first kappa shape index (κ1) is 17.5. The first-order chi connectivity index (χ1) is 12.1. The summed E-state index contributed by atoms with van der Waals surface area (Å²) in [6.07, 6.45) is 3.01. The Labute approximate surface area is 148 Å². The lowest BCUT2D eigenvalue weighted by atomic mass is 9.58. The van der Waals surface area contributed by atoms with Gasteiger partial charge >= 0.3 is 6.09 Å². The van der Waals surface area contributed by atoms with E-state index in [1.807, 2.05) is 37.3 Å². The van der Waals surface area contributed by atoms with Gasteiger partial charge in [-0.05, 0) is 31.2 Å². The number of carbonyl (C=O) groups excluding carboxylic acids is 2. The highest BCUT2D eigenvalue weighted by Gasteiger charge is 2.55. The Morgan fingerprint density at radius 2 is 2.16 bits per heavy atom. The average molecular weight is 340 g/mol. The highest BCUT2D eigenvalue weighted by Crippen LogP contribution is 2.50. The molecule has 2 aliphatic rings. The molecule has 1 unspecified atom stereocenters. The van der Waals surface area contributed by atoms with Crippen LogP contribution in [-0.2, 0) is 16.1 Å². The molecule has 0 N–H and O–H groups in total. The molecule has 2 fully saturated rings. The van der Waals surface area contributed by atoms with Crippen LogP contribution in [0.25, 0.3) is 0 Å². The molecule has 5 heteroatoms. The smallest absolute Gasteiger partial charge is 0.410 e. The molecule has 1 aromatic carbocycles. The zero-order valence-corrected chi connectivity index (χ0v) is 14.6. The predicted molar refractivity (Wildman–Crippen MR) is 92.4 cm³/mol. The van der Waals surface area contributed by atoms with Crippen LogP contribution >= 0.6 is 0 Å². The number of amides is 1. The second kappa shape index (κ2) is 7.26. The Bertz CT molecular complexity index is 682. The van der Waals surface area contributed by atoms with Crippen LogP contribution in [0, 0.1) is 22.7 Å². The topological polar surface area (TPSA) is 70.4 Å². The molecule has 0 radical (unpaired) electrons. The van der Waals surface area contributed by atoms with E-state index in [4.69, 9.17) is 4.74 Å². The Balaban J connectivity index is 1.77. The fourth-order valence-electron chi connectivity index (χ4n) is 4.57. The third-order valence-electron chi connectivity index (χ3n) is 5.87. The standard InChI is InChI=1S/C20H24N2O3/c1-2-20-11-6-12-22(18(20)10-9-17(23)16(20)13-21)19(24)25-14-15-7-4-3-5-8-15/h3-5,7-8,16,18H,2,6,9-12,14H2,1H3/t16-,18?,20+/m1/s1. The number of hydrogen-bond donors (Lipinski definition) is 0. The summed E-state index contributed by atoms with van der Waals surface area (Å²) in [6.45, 7) is 2.89. The molecular formula is C20H24N2O3. The lowest BCUT2D eigenvalue weighted by Gasteiger charge is -2.53. The maximum atomic E-state index is 12.7. The molecule has 1 heterocycles. The minimum atomic E-state index is -0.610. The summed E-state index contributed by atoms with van der Waals surface area (Å²) >= 11 is 0. The van der Waals surface area contributed by atoms with Crippen molar-refractivity contribution in [3.05, 3.63) is 35.9 Å². The van der Waals surface area contributed by atoms with Gasteiger partial charge in [0, 0.05) is 24.4 Å². The van der Waals surface area contributed by atoms with Crippen molar-refractivity contribution in [2.75, 3.05) is 6.54 Å². The zero-order chi connectivity index (χ0) is 17.9. The molecular weight excluding hydrogens is 316 g/mol. The summed E-state index contributed by atoms with van der Waals surface area (Å²) in [5.74, 6) is -0.582. The summed E-state index contributed by atoms with van der Waals surface area (Å²) in [4.78, 5) is 26.7. The van der Waals surface area contributed by atoms with Crippen molar-refractivity contribution in [3.63, 3.8) is 0 Å². The van der Waals surface area contributed by atoms with Crippen molar-refractivity contribution < 1.29 is 14.3 Å². The number of nitriles is 1. The van der Waals surface area contributed by atoms with Crippen LogP contribution in [0.4, 0.5) is 4.79 Å². The lowest BCUT2D eigenvalue weighted by molar-refractivity contribution is -0.135. The molecule has 0 aromatic heterocycles. The molecule has 132 valence electrons. The third-order valence-corrected chi connectivity index (χ3v) is 5.87. The number of benzene rings is 1. The Morgan fingerprint density at radius 1 is 1.40 bits per heavy atom. The van der Waals surface area contributed by atoms with Crippen LogP contribution in [0.3, 0.4) is 0 Å². The second-order valence-corrected chi connectivity index (χ2v) is 7.01. The van der Waals surface area contributed by atoms with Crippen molar-refractivity contribution in [2.24, 2.45) is 11.3 Å². The number of nitrogens with zero attached hydrogens (tertiary/aromatic N) is 2. The summed E-state index contributed by atoms with van der Waals surface area (Å²) in [6, 6.07) is 11.7. The first-order valence-corrected chi connectivity index (χ1v) is 9.02. The monoisotopic (exact) mass is 340 g/mol. The Hall–Kier alpha value is -2.35. The van der Waals surface area contributed by atoms with Crippen LogP contribution in [0.5, 0.6) is 0 Å². The van der Waals surface area contributed by atoms with Gasteiger partial charge in [0.2, 0.25) is 0 Å². The number of Topliss-reactive ketones (excluding diaryl/α,β-unsaturated/α-hetero) is 1. The highest BCUT2D eigenvalue weighted by molar-refractivity contribution is 5.85. The Kier molecular flexibility index (Phi) is 5.08. The van der Waals surface area contributed by atoms with Gasteiger partial charge < -0.3 is 9.64 Å². The average Bonchev–Trinajstić information content (AvgIpc) is 2.66. The van der Waals surface area contributed by atoms with E-state index in [1.54, 1.807) is 4.90 Å². The first-order valence-electron chi connectivity index (χ1n) is 9.02. The number of piperidine rings is 1. The van der Waals surface area contributed by atoms with Gasteiger partial charge in [0.25, 0.3) is 0 Å². The van der Waals surface area contributed by atoms with Crippen LogP contribution < -0.4 is 0 Å². The number of ketones is 1. The summed E-state index contributed by atoms with van der Waals surface area (Å²) < 4.78 is 5.52. The quantitative estimate of drug-likeness (QED) is 0.841. The zero-order valence-electron chi connectivity index (χ0n) is 14.6. The van der Waals surface area contributed by atoms with Crippen molar-refractivity contribution >= 4 is 11.9 Å². The molecule has 3 atom stereocenters. The molecule has 1 aliphatic heterocycles. The lowest BCUT2D eigenvalue weighted by Crippen LogP contribution is -2.60. The maximum Gasteiger partial charge on any atom is 0.410 e. The van der Waals surface area contributed by atoms with E-state index >= 15 is 0 Å². The minimum absolute atomic E-state index is 0.0279. The molecule has 0 spiro atoms. The number of fused-ring (bicyclic) bond motifs is 1. The van der Waals surface area contributed by atoms with Gasteiger partial charge in [-0.3, -0.25) is 4.79 Å². The van der Waals surface area contributed by atoms with E-state index in [-0.39, 0.29) is 24.5 Å². The van der Waals surface area contributed by atoms with E-state index < -0.39 is 11.3 Å². The molecule has 1 saturated heterocycles. The van der Waals surface area contributed by atoms with E-state index in [2.05, 4.69) is 6.07 Å². The van der Waals surface area contributed by atoms with Gasteiger partial charge in [-0.1, -0.05) is 37.3 Å². The molecule has 1 amide bonds. The second-order valence-electron chi connectivity index (χ2n) is 7.01. The van der Waals surface area contributed by atoms with E-state index in [1.165, 1.54) is 0 Å². The number of ether oxygens (including phenoxy) is 1. The van der Waals surface area contributed by atoms with Gasteiger partial charge in [0.1, 0.15) is 12.5 Å². The number of carbonyl (C=O) groups is 2. The van der Waals surface area contributed by atoms with Gasteiger partial charge in [0.05, 0.1) is 6.07 Å². The van der Waals surface area contributed by atoms with Gasteiger partial charge in [0.15, 0.2) is 5.78 Å². The third kappa shape index (κ3) is 3.13. The van der Waals surface area contributed by atoms with Crippen LogP contribution in [0.15, 0.2) is 30.3 Å². The normalized spacial score (nSPS) is 28.8. The van der Waals surface area contributed by atoms with Crippen LogP contribution in [0.1, 0.15) is 44.6 Å². The predicted octanol–water partition coefficient (Wildman–Crippen LogP) is 3.69. The van der Waals surface area contributed by atoms with E-state index in [0.717, 1.165) is 24.8 Å². The number of hydrogen-bond acceptors (Lipinski definition) is 4.